The molecule has 1 aromatic rings. The molecule has 0 saturated carbocycles. The van der Waals surface area contributed by atoms with E-state index >= 15 is 0 Å². The maximum Gasteiger partial charge on any atom is 0.255 e. The molecule has 0 spiro atoms. The number of benzene rings is 1. The van der Waals surface area contributed by atoms with Gasteiger partial charge in [0.25, 0.3) is 5.91 Å². The summed E-state index contributed by atoms with van der Waals surface area (Å²) in [5.41, 5.74) is 0.574. The molecule has 1 aliphatic heterocycles. The molecule has 1 amide bonds. The SMILES string of the molecule is CN(C(=O)c1ccc(Br)cc1Cl)C1CCCNCC1. The Morgan fingerprint density at radius 3 is 2.95 bits per heavy atom. The highest BCUT2D eigenvalue weighted by atomic mass is 79.9. The van der Waals surface area contributed by atoms with Crippen LogP contribution in [0.4, 0.5) is 0 Å². The average Bonchev–Trinajstić information content (AvgIpc) is 2.66. The first-order valence-corrected chi connectivity index (χ1v) is 7.69. The second-order valence-electron chi connectivity index (χ2n) is 4.87. The van der Waals surface area contributed by atoms with E-state index in [9.17, 15) is 4.79 Å². The predicted molar refractivity (Wildman–Crippen MR) is 81.8 cm³/mol. The minimum absolute atomic E-state index is 0.00407. The minimum atomic E-state index is 0.00407. The molecular formula is C14H18BrClN2O. The number of halogens is 2. The van der Waals surface area contributed by atoms with Gasteiger partial charge in [-0.25, -0.2) is 0 Å². The van der Waals surface area contributed by atoms with E-state index in [-0.39, 0.29) is 5.91 Å². The molecule has 0 radical (unpaired) electrons. The van der Waals surface area contributed by atoms with Gasteiger partial charge in [-0.3, -0.25) is 4.79 Å². The molecule has 0 aliphatic carbocycles. The molecule has 1 saturated heterocycles. The number of rotatable bonds is 2. The molecule has 1 unspecified atom stereocenters. The van der Waals surface area contributed by atoms with Gasteiger partial charge in [0.2, 0.25) is 0 Å². The first-order valence-electron chi connectivity index (χ1n) is 6.52. The van der Waals surface area contributed by atoms with Crippen molar-refractivity contribution >= 4 is 33.4 Å². The van der Waals surface area contributed by atoms with Crippen LogP contribution in [0, 0.1) is 0 Å². The fraction of sp³-hybridized carbons (Fsp3) is 0.500. The van der Waals surface area contributed by atoms with Gasteiger partial charge in [-0.1, -0.05) is 27.5 Å². The third-order valence-electron chi connectivity index (χ3n) is 3.57. The Balaban J connectivity index is 2.13. The van der Waals surface area contributed by atoms with Crippen LogP contribution in [0.5, 0.6) is 0 Å². The summed E-state index contributed by atoms with van der Waals surface area (Å²) in [7, 11) is 1.87. The van der Waals surface area contributed by atoms with Crippen LogP contribution in [-0.4, -0.2) is 37.0 Å². The van der Waals surface area contributed by atoms with Gasteiger partial charge < -0.3 is 10.2 Å². The molecule has 1 aromatic carbocycles. The van der Waals surface area contributed by atoms with Crippen LogP contribution in [0.2, 0.25) is 5.02 Å². The van der Waals surface area contributed by atoms with Crippen LogP contribution in [0.15, 0.2) is 22.7 Å². The van der Waals surface area contributed by atoms with Gasteiger partial charge in [-0.05, 0) is 50.6 Å². The van der Waals surface area contributed by atoms with Crippen molar-refractivity contribution in [3.05, 3.63) is 33.3 Å². The Hall–Kier alpha value is -0.580. The van der Waals surface area contributed by atoms with Crippen LogP contribution in [0.1, 0.15) is 29.6 Å². The molecule has 5 heteroatoms. The fourth-order valence-corrected chi connectivity index (χ4v) is 3.16. The largest absolute Gasteiger partial charge is 0.339 e. The van der Waals surface area contributed by atoms with Gasteiger partial charge in [0.15, 0.2) is 0 Å². The lowest BCUT2D eigenvalue weighted by atomic mass is 10.1. The van der Waals surface area contributed by atoms with E-state index in [0.29, 0.717) is 16.6 Å². The summed E-state index contributed by atoms with van der Waals surface area (Å²) in [5.74, 6) is 0.00407. The number of nitrogens with one attached hydrogen (secondary N) is 1. The maximum absolute atomic E-state index is 12.5. The molecule has 104 valence electrons. The number of hydrogen-bond donors (Lipinski definition) is 1. The Kier molecular flexibility index (Phi) is 5.25. The Morgan fingerprint density at radius 2 is 2.21 bits per heavy atom. The summed E-state index contributed by atoms with van der Waals surface area (Å²) in [5, 5.41) is 3.86. The molecule has 1 heterocycles. The van der Waals surface area contributed by atoms with E-state index in [0.717, 1.165) is 36.8 Å². The zero-order valence-corrected chi connectivity index (χ0v) is 13.3. The van der Waals surface area contributed by atoms with Crippen LogP contribution < -0.4 is 5.32 Å². The predicted octanol–water partition coefficient (Wildman–Crippen LogP) is 3.32. The van der Waals surface area contributed by atoms with E-state index in [1.807, 2.05) is 18.0 Å². The Labute approximate surface area is 127 Å². The van der Waals surface area contributed by atoms with E-state index < -0.39 is 0 Å². The van der Waals surface area contributed by atoms with Gasteiger partial charge in [0.05, 0.1) is 10.6 Å². The molecule has 1 aliphatic rings. The number of carbonyl (C=O) groups is 1. The summed E-state index contributed by atoms with van der Waals surface area (Å²) >= 11 is 9.50. The number of nitrogens with zero attached hydrogens (tertiary/aromatic N) is 1. The standard InChI is InChI=1S/C14H18BrClN2O/c1-18(11-3-2-7-17-8-6-11)14(19)12-5-4-10(15)9-13(12)16/h4-5,9,11,17H,2-3,6-8H2,1H3. The lowest BCUT2D eigenvalue weighted by molar-refractivity contribution is 0.0720. The van der Waals surface area contributed by atoms with Gasteiger partial charge in [0.1, 0.15) is 0 Å². The smallest absolute Gasteiger partial charge is 0.255 e. The molecule has 1 N–H and O–H groups in total. The van der Waals surface area contributed by atoms with Crippen LogP contribution in [0.3, 0.4) is 0 Å². The van der Waals surface area contributed by atoms with Crippen molar-refractivity contribution in [3.8, 4) is 0 Å². The second kappa shape index (κ2) is 6.73. The van der Waals surface area contributed by atoms with Crippen molar-refractivity contribution < 1.29 is 4.79 Å². The van der Waals surface area contributed by atoms with Crippen molar-refractivity contribution in [3.63, 3.8) is 0 Å². The molecule has 2 rings (SSSR count). The summed E-state index contributed by atoms with van der Waals surface area (Å²) < 4.78 is 0.885. The third-order valence-corrected chi connectivity index (χ3v) is 4.38. The normalized spacial score (nSPS) is 19.8. The van der Waals surface area contributed by atoms with E-state index in [4.69, 9.17) is 11.6 Å². The molecule has 3 nitrogen and oxygen atoms in total. The highest BCUT2D eigenvalue weighted by Crippen LogP contribution is 2.24. The third kappa shape index (κ3) is 3.71. The van der Waals surface area contributed by atoms with Crippen molar-refractivity contribution in [1.82, 2.24) is 10.2 Å². The zero-order chi connectivity index (χ0) is 13.8. The maximum atomic E-state index is 12.5. The lowest BCUT2D eigenvalue weighted by Crippen LogP contribution is -2.37. The lowest BCUT2D eigenvalue weighted by Gasteiger charge is -2.27. The van der Waals surface area contributed by atoms with Crippen molar-refractivity contribution in [1.29, 1.82) is 0 Å². The van der Waals surface area contributed by atoms with Crippen molar-refractivity contribution in [2.75, 3.05) is 20.1 Å². The van der Waals surface area contributed by atoms with Crippen LogP contribution in [0.25, 0.3) is 0 Å². The number of amides is 1. The highest BCUT2D eigenvalue weighted by Gasteiger charge is 2.23. The van der Waals surface area contributed by atoms with Crippen LogP contribution in [-0.2, 0) is 0 Å². The second-order valence-corrected chi connectivity index (χ2v) is 6.20. The average molecular weight is 346 g/mol. The first kappa shape index (κ1) is 14.8. The quantitative estimate of drug-likeness (QED) is 0.892. The van der Waals surface area contributed by atoms with Crippen LogP contribution >= 0.6 is 27.5 Å². The summed E-state index contributed by atoms with van der Waals surface area (Å²) in [6.45, 7) is 2.01. The number of hydrogen-bond acceptors (Lipinski definition) is 2. The monoisotopic (exact) mass is 344 g/mol. The number of carbonyl (C=O) groups excluding carboxylic acids is 1. The van der Waals surface area contributed by atoms with Gasteiger partial charge in [-0.15, -0.1) is 0 Å². The van der Waals surface area contributed by atoms with Gasteiger partial charge >= 0.3 is 0 Å². The minimum Gasteiger partial charge on any atom is -0.339 e. The summed E-state index contributed by atoms with van der Waals surface area (Å²) in [6, 6.07) is 5.68. The Bertz CT molecular complexity index is 459. The molecule has 0 aromatic heterocycles. The van der Waals surface area contributed by atoms with Crippen molar-refractivity contribution in [2.45, 2.75) is 25.3 Å². The molecule has 19 heavy (non-hydrogen) atoms. The van der Waals surface area contributed by atoms with E-state index in [2.05, 4.69) is 21.2 Å². The molecule has 0 bridgehead atoms. The fourth-order valence-electron chi connectivity index (χ4n) is 2.41. The van der Waals surface area contributed by atoms with Gasteiger partial charge in [0, 0.05) is 17.6 Å². The summed E-state index contributed by atoms with van der Waals surface area (Å²) in [6.07, 6.45) is 3.15. The zero-order valence-electron chi connectivity index (χ0n) is 11.0. The topological polar surface area (TPSA) is 32.3 Å². The van der Waals surface area contributed by atoms with E-state index in [1.54, 1.807) is 12.1 Å². The Morgan fingerprint density at radius 1 is 1.42 bits per heavy atom. The van der Waals surface area contributed by atoms with Gasteiger partial charge in [-0.2, -0.15) is 0 Å². The summed E-state index contributed by atoms with van der Waals surface area (Å²) in [4.78, 5) is 14.3. The highest BCUT2D eigenvalue weighted by molar-refractivity contribution is 9.10. The molecule has 1 atom stereocenters. The first-order chi connectivity index (χ1) is 9.09. The molecular weight excluding hydrogens is 328 g/mol. The molecule has 1 fully saturated rings. The van der Waals surface area contributed by atoms with Crippen molar-refractivity contribution in [2.24, 2.45) is 0 Å². The van der Waals surface area contributed by atoms with E-state index in [1.165, 1.54) is 0 Å².